The molecule has 4 aromatic rings. The van der Waals surface area contributed by atoms with Gasteiger partial charge in [0.05, 0.1) is 30.2 Å². The third kappa shape index (κ3) is 3.83. The van der Waals surface area contributed by atoms with E-state index in [2.05, 4.69) is 0 Å². The number of amides is 1. The van der Waals surface area contributed by atoms with E-state index >= 15 is 0 Å². The lowest BCUT2D eigenvalue weighted by Gasteiger charge is -2.38. The van der Waals surface area contributed by atoms with Crippen LogP contribution in [0.15, 0.2) is 72.8 Å². The molecule has 0 spiro atoms. The maximum atomic E-state index is 14.0. The number of aromatic nitrogens is 2. The number of esters is 1. The number of hydrogen-bond acceptors (Lipinski definition) is 4. The van der Waals surface area contributed by atoms with Crippen molar-refractivity contribution >= 4 is 52.1 Å². The third-order valence-electron chi connectivity index (χ3n) is 5.95. The molecular formula is C26H21Cl2N3O3. The van der Waals surface area contributed by atoms with Gasteiger partial charge in [0.1, 0.15) is 0 Å². The Kier molecular flexibility index (Phi) is 6.02. The van der Waals surface area contributed by atoms with E-state index in [1.54, 1.807) is 30.0 Å². The second-order valence-electron chi connectivity index (χ2n) is 8.02. The highest BCUT2D eigenvalue weighted by atomic mass is 35.5. The molecule has 1 aromatic heterocycles. The molecule has 6 nitrogen and oxygen atoms in total. The standard InChI is InChI=1S/C26H21Cl2N3O3/c1-2-34-25(33)22-23(18-13-12-17(27)14-19(18)28)31-21-11-7-6-10-20(21)29-26(31)30(24(22)32)15-16-8-4-3-5-9-16/h3-14,22-23H,2,15H2,1H3/t22-,23+/m1/s1. The van der Waals surface area contributed by atoms with Gasteiger partial charge in [-0.15, -0.1) is 0 Å². The van der Waals surface area contributed by atoms with Crippen LogP contribution in [0.25, 0.3) is 11.0 Å². The van der Waals surface area contributed by atoms with Gasteiger partial charge in [0.2, 0.25) is 11.9 Å². The van der Waals surface area contributed by atoms with Gasteiger partial charge < -0.3 is 9.30 Å². The van der Waals surface area contributed by atoms with Crippen LogP contribution >= 0.6 is 23.2 Å². The summed E-state index contributed by atoms with van der Waals surface area (Å²) in [7, 11) is 0. The number of halogens is 2. The maximum Gasteiger partial charge on any atom is 0.321 e. The quantitative estimate of drug-likeness (QED) is 0.265. The molecule has 0 unspecified atom stereocenters. The van der Waals surface area contributed by atoms with Gasteiger partial charge in [-0.2, -0.15) is 0 Å². The van der Waals surface area contributed by atoms with Crippen molar-refractivity contribution in [2.45, 2.75) is 19.5 Å². The molecule has 0 fully saturated rings. The summed E-state index contributed by atoms with van der Waals surface area (Å²) in [5.74, 6) is -1.69. The highest BCUT2D eigenvalue weighted by Gasteiger charge is 2.48. The van der Waals surface area contributed by atoms with Gasteiger partial charge in [-0.1, -0.05) is 71.7 Å². The summed E-state index contributed by atoms with van der Waals surface area (Å²) in [4.78, 5) is 33.6. The van der Waals surface area contributed by atoms with Crippen LogP contribution in [0.2, 0.25) is 10.0 Å². The van der Waals surface area contributed by atoms with E-state index in [4.69, 9.17) is 32.9 Å². The van der Waals surface area contributed by atoms with E-state index in [1.807, 2.05) is 59.2 Å². The Hall–Kier alpha value is -3.35. The average molecular weight is 494 g/mol. The van der Waals surface area contributed by atoms with E-state index in [9.17, 15) is 9.59 Å². The van der Waals surface area contributed by atoms with Gasteiger partial charge in [0.25, 0.3) is 0 Å². The Morgan fingerprint density at radius 1 is 1.03 bits per heavy atom. The van der Waals surface area contributed by atoms with Crippen LogP contribution < -0.4 is 4.90 Å². The summed E-state index contributed by atoms with van der Waals surface area (Å²) >= 11 is 12.8. The molecule has 0 saturated heterocycles. The lowest BCUT2D eigenvalue weighted by atomic mass is 9.89. The second-order valence-corrected chi connectivity index (χ2v) is 8.86. The molecule has 0 bridgehead atoms. The van der Waals surface area contributed by atoms with E-state index in [0.717, 1.165) is 11.1 Å². The fourth-order valence-electron chi connectivity index (χ4n) is 4.48. The molecule has 0 radical (unpaired) electrons. The first-order valence-corrected chi connectivity index (χ1v) is 11.7. The molecule has 3 aromatic carbocycles. The topological polar surface area (TPSA) is 64.4 Å². The van der Waals surface area contributed by atoms with Crippen molar-refractivity contribution < 1.29 is 14.3 Å². The van der Waals surface area contributed by atoms with Crippen molar-refractivity contribution in [2.24, 2.45) is 5.92 Å². The van der Waals surface area contributed by atoms with Gasteiger partial charge in [-0.05, 0) is 42.3 Å². The molecule has 34 heavy (non-hydrogen) atoms. The monoisotopic (exact) mass is 493 g/mol. The van der Waals surface area contributed by atoms with Crippen molar-refractivity contribution in [3.05, 3.63) is 94.0 Å². The fraction of sp³-hybridized carbons (Fsp3) is 0.192. The minimum atomic E-state index is -1.15. The predicted molar refractivity (Wildman–Crippen MR) is 132 cm³/mol. The molecule has 0 aliphatic carbocycles. The van der Waals surface area contributed by atoms with Crippen LogP contribution in [-0.4, -0.2) is 28.0 Å². The van der Waals surface area contributed by atoms with E-state index in [-0.39, 0.29) is 19.1 Å². The largest absolute Gasteiger partial charge is 0.465 e. The van der Waals surface area contributed by atoms with Gasteiger partial charge in [0, 0.05) is 10.0 Å². The van der Waals surface area contributed by atoms with E-state index in [0.29, 0.717) is 27.1 Å². The fourth-order valence-corrected chi connectivity index (χ4v) is 5.00. The molecule has 2 heterocycles. The molecule has 1 aliphatic rings. The average Bonchev–Trinajstić information content (AvgIpc) is 3.21. The van der Waals surface area contributed by atoms with Crippen LogP contribution in [-0.2, 0) is 20.9 Å². The minimum Gasteiger partial charge on any atom is -0.465 e. The number of ether oxygens (including phenoxy) is 1. The third-order valence-corrected chi connectivity index (χ3v) is 6.51. The number of carbonyl (C=O) groups excluding carboxylic acids is 2. The van der Waals surface area contributed by atoms with Gasteiger partial charge >= 0.3 is 5.97 Å². The van der Waals surface area contributed by atoms with Gasteiger partial charge in [0.15, 0.2) is 5.92 Å². The van der Waals surface area contributed by atoms with Crippen molar-refractivity contribution in [1.29, 1.82) is 0 Å². The number of benzene rings is 3. The predicted octanol–water partition coefficient (Wildman–Crippen LogP) is 5.66. The number of imidazole rings is 1. The highest BCUT2D eigenvalue weighted by molar-refractivity contribution is 6.35. The zero-order valence-electron chi connectivity index (χ0n) is 18.3. The summed E-state index contributed by atoms with van der Waals surface area (Å²) in [6, 6.07) is 21.5. The maximum absolute atomic E-state index is 14.0. The molecule has 172 valence electrons. The highest BCUT2D eigenvalue weighted by Crippen LogP contribution is 2.44. The normalized spacial score (nSPS) is 17.6. The first-order valence-electron chi connectivity index (χ1n) is 10.9. The molecule has 0 saturated carbocycles. The van der Waals surface area contributed by atoms with E-state index < -0.39 is 17.9 Å². The van der Waals surface area contributed by atoms with Crippen molar-refractivity contribution in [3.8, 4) is 0 Å². The smallest absolute Gasteiger partial charge is 0.321 e. The number of hydrogen-bond donors (Lipinski definition) is 0. The van der Waals surface area contributed by atoms with Crippen molar-refractivity contribution in [2.75, 3.05) is 11.5 Å². The Labute approximate surface area is 206 Å². The first-order chi connectivity index (χ1) is 16.5. The lowest BCUT2D eigenvalue weighted by Crippen LogP contribution is -2.49. The van der Waals surface area contributed by atoms with Crippen LogP contribution in [0.4, 0.5) is 5.95 Å². The zero-order chi connectivity index (χ0) is 23.8. The summed E-state index contributed by atoms with van der Waals surface area (Å²) in [5, 5.41) is 0.824. The number of fused-ring (bicyclic) bond motifs is 3. The Bertz CT molecular complexity index is 1390. The molecule has 2 atom stereocenters. The van der Waals surface area contributed by atoms with Gasteiger partial charge in [-0.3, -0.25) is 14.5 Å². The molecule has 1 amide bonds. The molecule has 5 rings (SSSR count). The van der Waals surface area contributed by atoms with Gasteiger partial charge in [-0.25, -0.2) is 4.98 Å². The number of nitrogens with zero attached hydrogens (tertiary/aromatic N) is 3. The molecular weight excluding hydrogens is 473 g/mol. The molecule has 0 N–H and O–H groups in total. The number of rotatable bonds is 5. The summed E-state index contributed by atoms with van der Waals surface area (Å²) in [5.41, 5.74) is 3.01. The number of anilines is 1. The summed E-state index contributed by atoms with van der Waals surface area (Å²) in [6.07, 6.45) is 0. The lowest BCUT2D eigenvalue weighted by molar-refractivity contribution is -0.153. The van der Waals surface area contributed by atoms with Crippen LogP contribution in [0.1, 0.15) is 24.1 Å². The Morgan fingerprint density at radius 2 is 1.76 bits per heavy atom. The van der Waals surface area contributed by atoms with Crippen LogP contribution in [0.3, 0.4) is 0 Å². The molecule has 8 heteroatoms. The van der Waals surface area contributed by atoms with Crippen molar-refractivity contribution in [1.82, 2.24) is 9.55 Å². The van der Waals surface area contributed by atoms with E-state index in [1.165, 1.54) is 0 Å². The van der Waals surface area contributed by atoms with Crippen molar-refractivity contribution in [3.63, 3.8) is 0 Å². The molecule has 1 aliphatic heterocycles. The van der Waals surface area contributed by atoms with Crippen LogP contribution in [0.5, 0.6) is 0 Å². The first kappa shape index (κ1) is 22.4. The zero-order valence-corrected chi connectivity index (χ0v) is 19.8. The van der Waals surface area contributed by atoms with Crippen LogP contribution in [0, 0.1) is 5.92 Å². The SMILES string of the molecule is CCOC(=O)[C@H]1C(=O)N(Cc2ccccc2)c2nc3ccccc3n2[C@H]1c1ccc(Cl)cc1Cl. The Balaban J connectivity index is 1.77. The number of carbonyl (C=O) groups is 2. The number of para-hydroxylation sites is 2. The summed E-state index contributed by atoms with van der Waals surface area (Å²) in [6.45, 7) is 2.13. The Morgan fingerprint density at radius 3 is 2.50 bits per heavy atom. The second kappa shape index (κ2) is 9.12. The minimum absolute atomic E-state index is 0.153. The summed E-state index contributed by atoms with van der Waals surface area (Å²) < 4.78 is 7.29.